The summed E-state index contributed by atoms with van der Waals surface area (Å²) in [6.45, 7) is 4.79. The van der Waals surface area contributed by atoms with Gasteiger partial charge in [0.1, 0.15) is 5.15 Å². The minimum atomic E-state index is 0.500. The van der Waals surface area contributed by atoms with Crippen LogP contribution in [0.3, 0.4) is 0 Å². The van der Waals surface area contributed by atoms with Crippen LogP contribution in [0.2, 0.25) is 5.15 Å². The lowest BCUT2D eigenvalue weighted by Crippen LogP contribution is -2.05. The average Bonchev–Trinajstić information content (AvgIpc) is 2.28. The summed E-state index contributed by atoms with van der Waals surface area (Å²) in [5, 5.41) is 0.500. The summed E-state index contributed by atoms with van der Waals surface area (Å²) in [4.78, 5) is 3.90. The van der Waals surface area contributed by atoms with Crippen molar-refractivity contribution in [1.29, 1.82) is 0 Å². The summed E-state index contributed by atoms with van der Waals surface area (Å²) >= 11 is 5.75. The van der Waals surface area contributed by atoms with Gasteiger partial charge in [-0.1, -0.05) is 24.9 Å². The third-order valence-electron chi connectivity index (χ3n) is 2.07. The van der Waals surface area contributed by atoms with E-state index in [9.17, 15) is 0 Å². The van der Waals surface area contributed by atoms with E-state index >= 15 is 0 Å². The second-order valence-electron chi connectivity index (χ2n) is 3.51. The Morgan fingerprint density at radius 3 is 2.81 bits per heavy atom. The normalized spacial score (nSPS) is 10.6. The summed E-state index contributed by atoms with van der Waals surface area (Å²) in [5.74, 6) is 0. The summed E-state index contributed by atoms with van der Waals surface area (Å²) in [6.07, 6.45) is 3.95. The summed E-state index contributed by atoms with van der Waals surface area (Å²) < 4.78 is 10.8. The van der Waals surface area contributed by atoms with Gasteiger partial charge < -0.3 is 9.47 Å². The molecule has 0 unspecified atom stereocenters. The van der Waals surface area contributed by atoms with Crippen LogP contribution in [0.25, 0.3) is 0 Å². The van der Waals surface area contributed by atoms with Crippen molar-refractivity contribution in [3.8, 4) is 0 Å². The van der Waals surface area contributed by atoms with Crippen molar-refractivity contribution in [2.45, 2.75) is 26.4 Å². The van der Waals surface area contributed by atoms with Crippen molar-refractivity contribution < 1.29 is 9.47 Å². The second-order valence-corrected chi connectivity index (χ2v) is 3.89. The molecule has 0 saturated carbocycles. The fourth-order valence-electron chi connectivity index (χ4n) is 1.19. The molecule has 3 nitrogen and oxygen atoms in total. The van der Waals surface area contributed by atoms with Crippen LogP contribution in [-0.2, 0) is 16.1 Å². The number of unbranched alkanes of at least 4 members (excludes halogenated alkanes) is 1. The van der Waals surface area contributed by atoms with Crippen LogP contribution < -0.4 is 0 Å². The molecule has 90 valence electrons. The molecule has 0 aromatic carbocycles. The molecule has 0 aliphatic rings. The molecule has 0 spiro atoms. The molecule has 1 aromatic heterocycles. The number of hydrogen-bond acceptors (Lipinski definition) is 3. The number of halogens is 1. The van der Waals surface area contributed by atoms with E-state index in [2.05, 4.69) is 11.9 Å². The van der Waals surface area contributed by atoms with Crippen molar-refractivity contribution >= 4 is 11.6 Å². The van der Waals surface area contributed by atoms with Crippen LogP contribution in [0.15, 0.2) is 18.3 Å². The van der Waals surface area contributed by atoms with Crippen molar-refractivity contribution in [3.63, 3.8) is 0 Å². The smallest absolute Gasteiger partial charge is 0.129 e. The van der Waals surface area contributed by atoms with E-state index in [-0.39, 0.29) is 0 Å². The maximum absolute atomic E-state index is 5.75. The molecular weight excluding hydrogens is 226 g/mol. The van der Waals surface area contributed by atoms with Gasteiger partial charge >= 0.3 is 0 Å². The van der Waals surface area contributed by atoms with E-state index in [4.69, 9.17) is 21.1 Å². The van der Waals surface area contributed by atoms with Crippen molar-refractivity contribution in [1.82, 2.24) is 4.98 Å². The van der Waals surface area contributed by atoms with Gasteiger partial charge in [-0.05, 0) is 24.1 Å². The Balaban J connectivity index is 2.03. The zero-order chi connectivity index (χ0) is 11.6. The molecule has 0 N–H and O–H groups in total. The molecule has 0 amide bonds. The van der Waals surface area contributed by atoms with Crippen molar-refractivity contribution in [3.05, 3.63) is 29.0 Å². The Hall–Kier alpha value is -0.640. The molecule has 0 radical (unpaired) electrons. The highest BCUT2D eigenvalue weighted by atomic mass is 35.5. The fraction of sp³-hybridized carbons (Fsp3) is 0.583. The van der Waals surface area contributed by atoms with E-state index in [1.165, 1.54) is 0 Å². The van der Waals surface area contributed by atoms with E-state index in [1.54, 1.807) is 12.3 Å². The fourth-order valence-corrected chi connectivity index (χ4v) is 1.39. The Morgan fingerprint density at radius 2 is 2.06 bits per heavy atom. The monoisotopic (exact) mass is 243 g/mol. The van der Waals surface area contributed by atoms with Crippen molar-refractivity contribution in [2.75, 3.05) is 19.8 Å². The number of aromatic nitrogens is 1. The van der Waals surface area contributed by atoms with Gasteiger partial charge in [0.25, 0.3) is 0 Å². The van der Waals surface area contributed by atoms with Gasteiger partial charge in [0.05, 0.1) is 19.8 Å². The lowest BCUT2D eigenvalue weighted by Gasteiger charge is -2.05. The number of hydrogen-bond donors (Lipinski definition) is 0. The largest absolute Gasteiger partial charge is 0.379 e. The summed E-state index contributed by atoms with van der Waals surface area (Å²) in [6, 6.07) is 3.70. The quantitative estimate of drug-likeness (QED) is 0.520. The number of rotatable bonds is 8. The first-order chi connectivity index (χ1) is 7.83. The highest BCUT2D eigenvalue weighted by molar-refractivity contribution is 6.29. The second kappa shape index (κ2) is 8.50. The molecule has 0 saturated heterocycles. The summed E-state index contributed by atoms with van der Waals surface area (Å²) in [7, 11) is 0. The van der Waals surface area contributed by atoms with Gasteiger partial charge in [-0.2, -0.15) is 0 Å². The SMILES string of the molecule is CCCCOCCOCc1ccnc(Cl)c1. The molecule has 0 aliphatic heterocycles. The maximum Gasteiger partial charge on any atom is 0.129 e. The van der Waals surface area contributed by atoms with E-state index in [1.807, 2.05) is 6.07 Å². The lowest BCUT2D eigenvalue weighted by atomic mass is 10.3. The Bertz CT molecular complexity index is 294. The Kier molecular flexibility index (Phi) is 7.14. The Labute approximate surface area is 102 Å². The third-order valence-corrected chi connectivity index (χ3v) is 2.28. The highest BCUT2D eigenvalue weighted by Gasteiger charge is 1.95. The first-order valence-electron chi connectivity index (χ1n) is 5.59. The van der Waals surface area contributed by atoms with Gasteiger partial charge in [0, 0.05) is 12.8 Å². The van der Waals surface area contributed by atoms with E-state index in [0.29, 0.717) is 25.0 Å². The van der Waals surface area contributed by atoms with E-state index < -0.39 is 0 Å². The van der Waals surface area contributed by atoms with E-state index in [0.717, 1.165) is 25.0 Å². The molecule has 1 rings (SSSR count). The van der Waals surface area contributed by atoms with Crippen LogP contribution in [-0.4, -0.2) is 24.8 Å². The van der Waals surface area contributed by atoms with Crippen LogP contribution >= 0.6 is 11.6 Å². The first-order valence-corrected chi connectivity index (χ1v) is 5.96. The average molecular weight is 244 g/mol. The van der Waals surface area contributed by atoms with Crippen LogP contribution in [0.5, 0.6) is 0 Å². The molecule has 1 aromatic rings. The first kappa shape index (κ1) is 13.4. The molecule has 0 fully saturated rings. The highest BCUT2D eigenvalue weighted by Crippen LogP contribution is 2.07. The van der Waals surface area contributed by atoms with Gasteiger partial charge in [-0.3, -0.25) is 0 Å². The molecule has 16 heavy (non-hydrogen) atoms. The summed E-state index contributed by atoms with van der Waals surface area (Å²) in [5.41, 5.74) is 1.04. The van der Waals surface area contributed by atoms with Gasteiger partial charge in [-0.15, -0.1) is 0 Å². The minimum Gasteiger partial charge on any atom is -0.379 e. The molecule has 0 bridgehead atoms. The predicted molar refractivity (Wildman–Crippen MR) is 64.6 cm³/mol. The van der Waals surface area contributed by atoms with Crippen molar-refractivity contribution in [2.24, 2.45) is 0 Å². The van der Waals surface area contributed by atoms with Crippen LogP contribution in [0, 0.1) is 0 Å². The molecule has 4 heteroatoms. The molecule has 1 heterocycles. The number of pyridine rings is 1. The lowest BCUT2D eigenvalue weighted by molar-refractivity contribution is 0.0396. The van der Waals surface area contributed by atoms with Crippen LogP contribution in [0.4, 0.5) is 0 Å². The van der Waals surface area contributed by atoms with Gasteiger partial charge in [0.15, 0.2) is 0 Å². The van der Waals surface area contributed by atoms with Gasteiger partial charge in [-0.25, -0.2) is 4.98 Å². The third kappa shape index (κ3) is 6.05. The van der Waals surface area contributed by atoms with Gasteiger partial charge in [0.2, 0.25) is 0 Å². The zero-order valence-corrected chi connectivity index (χ0v) is 10.4. The molecule has 0 aliphatic carbocycles. The zero-order valence-electron chi connectivity index (χ0n) is 9.62. The minimum absolute atomic E-state index is 0.500. The predicted octanol–water partition coefficient (Wildman–Crippen LogP) is 3.07. The number of ether oxygens (including phenoxy) is 2. The maximum atomic E-state index is 5.75. The number of nitrogens with zero attached hydrogens (tertiary/aromatic N) is 1. The molecular formula is C12H18ClNO2. The molecule has 0 atom stereocenters. The Morgan fingerprint density at radius 1 is 1.25 bits per heavy atom. The standard InChI is InChI=1S/C12H18ClNO2/c1-2-3-6-15-7-8-16-10-11-4-5-14-12(13)9-11/h4-5,9H,2-3,6-8,10H2,1H3. The topological polar surface area (TPSA) is 31.4 Å². The van der Waals surface area contributed by atoms with Crippen LogP contribution in [0.1, 0.15) is 25.3 Å².